The molecular formula is C24H19F3N2O2. The van der Waals surface area contributed by atoms with Gasteiger partial charge in [-0.15, -0.1) is 0 Å². The third-order valence-corrected chi connectivity index (χ3v) is 5.04. The predicted octanol–water partition coefficient (Wildman–Crippen LogP) is 4.94. The quantitative estimate of drug-likeness (QED) is 0.563. The summed E-state index contributed by atoms with van der Waals surface area (Å²) in [5, 5.41) is 4.05. The van der Waals surface area contributed by atoms with Crippen molar-refractivity contribution in [3.05, 3.63) is 107 Å². The van der Waals surface area contributed by atoms with Gasteiger partial charge in [-0.1, -0.05) is 47.6 Å². The molecule has 0 aromatic heterocycles. The van der Waals surface area contributed by atoms with Crippen molar-refractivity contribution in [2.45, 2.75) is 19.1 Å². The van der Waals surface area contributed by atoms with Crippen molar-refractivity contribution < 1.29 is 22.8 Å². The van der Waals surface area contributed by atoms with E-state index >= 15 is 0 Å². The molecule has 158 valence electrons. The van der Waals surface area contributed by atoms with Crippen LogP contribution in [0.1, 0.15) is 27.9 Å². The van der Waals surface area contributed by atoms with Crippen LogP contribution in [0.2, 0.25) is 0 Å². The van der Waals surface area contributed by atoms with E-state index in [-0.39, 0.29) is 24.5 Å². The molecule has 1 aliphatic rings. The van der Waals surface area contributed by atoms with E-state index in [1.807, 2.05) is 0 Å². The van der Waals surface area contributed by atoms with Gasteiger partial charge in [0.1, 0.15) is 17.5 Å². The van der Waals surface area contributed by atoms with E-state index in [0.717, 1.165) is 0 Å². The summed E-state index contributed by atoms with van der Waals surface area (Å²) in [6.07, 6.45) is -0.119. The first-order valence-electron chi connectivity index (χ1n) is 9.77. The molecule has 0 spiro atoms. The van der Waals surface area contributed by atoms with Crippen LogP contribution >= 0.6 is 0 Å². The maximum atomic E-state index is 14.2. The van der Waals surface area contributed by atoms with Crippen LogP contribution in [-0.4, -0.2) is 29.2 Å². The van der Waals surface area contributed by atoms with E-state index < -0.39 is 23.6 Å². The van der Waals surface area contributed by atoms with Gasteiger partial charge in [0.2, 0.25) is 0 Å². The molecule has 4 rings (SSSR count). The van der Waals surface area contributed by atoms with Crippen LogP contribution in [-0.2, 0) is 11.4 Å². The Kier molecular flexibility index (Phi) is 6.02. The van der Waals surface area contributed by atoms with Crippen molar-refractivity contribution in [3.8, 4) is 0 Å². The molecule has 3 aromatic carbocycles. The number of nitrogens with zero attached hydrogens (tertiary/aromatic N) is 2. The minimum absolute atomic E-state index is 0.0500. The third-order valence-electron chi connectivity index (χ3n) is 5.04. The summed E-state index contributed by atoms with van der Waals surface area (Å²) in [5.41, 5.74) is 1.54. The molecule has 1 amide bonds. The highest BCUT2D eigenvalue weighted by Gasteiger charge is 2.28. The topological polar surface area (TPSA) is 41.9 Å². The number of oxime groups is 1. The molecule has 1 atom stereocenters. The van der Waals surface area contributed by atoms with Crippen LogP contribution in [0.3, 0.4) is 0 Å². The van der Waals surface area contributed by atoms with Crippen molar-refractivity contribution in [1.82, 2.24) is 4.90 Å². The highest BCUT2D eigenvalue weighted by atomic mass is 19.1. The van der Waals surface area contributed by atoms with Crippen LogP contribution in [0.15, 0.2) is 78.0 Å². The normalized spacial score (nSPS) is 15.3. The number of amides is 1. The van der Waals surface area contributed by atoms with Gasteiger partial charge in [0, 0.05) is 18.5 Å². The molecule has 0 radical (unpaired) electrons. The van der Waals surface area contributed by atoms with Gasteiger partial charge in [0.25, 0.3) is 5.91 Å². The van der Waals surface area contributed by atoms with E-state index in [1.165, 1.54) is 41.3 Å². The second kappa shape index (κ2) is 9.04. The average Bonchev–Trinajstić information content (AvgIpc) is 3.24. The van der Waals surface area contributed by atoms with Gasteiger partial charge < -0.3 is 9.74 Å². The number of rotatable bonds is 6. The Morgan fingerprint density at radius 2 is 1.61 bits per heavy atom. The molecule has 1 aliphatic heterocycles. The van der Waals surface area contributed by atoms with E-state index in [9.17, 15) is 18.0 Å². The maximum Gasteiger partial charge on any atom is 0.257 e. The maximum absolute atomic E-state index is 14.2. The van der Waals surface area contributed by atoms with Crippen LogP contribution in [0.25, 0.3) is 0 Å². The largest absolute Gasteiger partial charge is 0.390 e. The second-order valence-electron chi connectivity index (χ2n) is 7.23. The van der Waals surface area contributed by atoms with E-state index in [0.29, 0.717) is 23.3 Å². The molecule has 0 unspecified atom stereocenters. The minimum atomic E-state index is -0.651. The average molecular weight is 424 g/mol. The summed E-state index contributed by atoms with van der Waals surface area (Å²) < 4.78 is 41.6. The van der Waals surface area contributed by atoms with Crippen molar-refractivity contribution in [2.24, 2.45) is 5.16 Å². The molecule has 0 bridgehead atoms. The van der Waals surface area contributed by atoms with E-state index in [1.54, 1.807) is 36.4 Å². The van der Waals surface area contributed by atoms with Gasteiger partial charge in [-0.2, -0.15) is 0 Å². The number of hydrogen-bond donors (Lipinski definition) is 0. The van der Waals surface area contributed by atoms with E-state index in [2.05, 4.69) is 5.16 Å². The molecule has 7 heteroatoms. The molecular weight excluding hydrogens is 405 g/mol. The zero-order chi connectivity index (χ0) is 21.8. The van der Waals surface area contributed by atoms with Crippen LogP contribution in [0.5, 0.6) is 0 Å². The first-order chi connectivity index (χ1) is 15.0. The Labute approximate surface area is 177 Å². The summed E-state index contributed by atoms with van der Waals surface area (Å²) >= 11 is 0. The summed E-state index contributed by atoms with van der Waals surface area (Å²) in [6.45, 7) is 0.0290. The molecule has 0 fully saturated rings. The molecule has 4 nitrogen and oxygen atoms in total. The summed E-state index contributed by atoms with van der Waals surface area (Å²) in [5.74, 6) is -2.03. The highest BCUT2D eigenvalue weighted by Crippen LogP contribution is 2.21. The second-order valence-corrected chi connectivity index (χ2v) is 7.23. The SMILES string of the molecule is O=C(c1ccccc1F)N(Cc1ccccc1F)C[C@@H]1CC(c2ccc(F)cc2)=NO1. The molecule has 0 N–H and O–H groups in total. The fourth-order valence-electron chi connectivity index (χ4n) is 3.44. The zero-order valence-corrected chi connectivity index (χ0v) is 16.5. The van der Waals surface area contributed by atoms with Gasteiger partial charge >= 0.3 is 0 Å². The Bertz CT molecular complexity index is 1120. The van der Waals surface area contributed by atoms with Gasteiger partial charge in [0.15, 0.2) is 6.10 Å². The first-order valence-corrected chi connectivity index (χ1v) is 9.77. The minimum Gasteiger partial charge on any atom is -0.390 e. The number of halogens is 3. The molecule has 0 aliphatic carbocycles. The number of carbonyl (C=O) groups is 1. The fourth-order valence-corrected chi connectivity index (χ4v) is 3.44. The summed E-state index contributed by atoms with van der Waals surface area (Å²) in [7, 11) is 0. The van der Waals surface area contributed by atoms with Gasteiger partial charge in [0.05, 0.1) is 17.8 Å². The Balaban J connectivity index is 1.53. The smallest absolute Gasteiger partial charge is 0.257 e. The molecule has 1 heterocycles. The highest BCUT2D eigenvalue weighted by molar-refractivity contribution is 6.01. The Morgan fingerprint density at radius 3 is 2.32 bits per heavy atom. The van der Waals surface area contributed by atoms with Crippen molar-refractivity contribution in [3.63, 3.8) is 0 Å². The van der Waals surface area contributed by atoms with Crippen LogP contribution < -0.4 is 0 Å². The fraction of sp³-hybridized carbons (Fsp3) is 0.167. The monoisotopic (exact) mass is 424 g/mol. The van der Waals surface area contributed by atoms with Gasteiger partial charge in [-0.25, -0.2) is 13.2 Å². The molecule has 0 saturated heterocycles. The van der Waals surface area contributed by atoms with Crippen LogP contribution in [0, 0.1) is 17.5 Å². The van der Waals surface area contributed by atoms with Crippen molar-refractivity contribution >= 4 is 11.6 Å². The zero-order valence-electron chi connectivity index (χ0n) is 16.5. The predicted molar refractivity (Wildman–Crippen MR) is 110 cm³/mol. The molecule has 31 heavy (non-hydrogen) atoms. The summed E-state index contributed by atoms with van der Waals surface area (Å²) in [6, 6.07) is 17.6. The van der Waals surface area contributed by atoms with Gasteiger partial charge in [-0.05, 0) is 35.9 Å². The van der Waals surface area contributed by atoms with Crippen molar-refractivity contribution in [2.75, 3.05) is 6.54 Å². The standard InChI is InChI=1S/C24H19F3N2O2/c25-18-11-9-16(10-12-18)23-13-19(31-28-23)15-29(14-17-5-1-3-7-21(17)26)24(30)20-6-2-4-8-22(20)27/h1-12,19H,13-15H2/t19-/m0/s1. The Hall–Kier alpha value is -3.61. The summed E-state index contributed by atoms with van der Waals surface area (Å²) in [4.78, 5) is 19.9. The lowest BCUT2D eigenvalue weighted by molar-refractivity contribution is 0.0400. The Morgan fingerprint density at radius 1 is 0.935 bits per heavy atom. The van der Waals surface area contributed by atoms with E-state index in [4.69, 9.17) is 4.84 Å². The van der Waals surface area contributed by atoms with Crippen LogP contribution in [0.4, 0.5) is 13.2 Å². The first kappa shape index (κ1) is 20.7. The lowest BCUT2D eigenvalue weighted by Gasteiger charge is -2.25. The molecule has 0 saturated carbocycles. The molecule has 3 aromatic rings. The number of carbonyl (C=O) groups excluding carboxylic acids is 1. The third kappa shape index (κ3) is 4.77. The lowest BCUT2D eigenvalue weighted by atomic mass is 10.0. The number of hydrogen-bond acceptors (Lipinski definition) is 3. The van der Waals surface area contributed by atoms with Gasteiger partial charge in [-0.3, -0.25) is 4.79 Å². The lowest BCUT2D eigenvalue weighted by Crippen LogP contribution is -2.38. The number of benzene rings is 3. The van der Waals surface area contributed by atoms with Crippen molar-refractivity contribution in [1.29, 1.82) is 0 Å².